The summed E-state index contributed by atoms with van der Waals surface area (Å²) >= 11 is 0. The topological polar surface area (TPSA) is 53.8 Å². The van der Waals surface area contributed by atoms with Crippen LogP contribution in [0.2, 0.25) is 0 Å². The first-order valence-electron chi connectivity index (χ1n) is 10.3. The molecule has 2 fully saturated rings. The van der Waals surface area contributed by atoms with Crippen molar-refractivity contribution in [3.8, 4) is 0 Å². The molecule has 1 saturated heterocycles. The van der Waals surface area contributed by atoms with E-state index in [1.165, 1.54) is 32.1 Å². The van der Waals surface area contributed by atoms with Crippen LogP contribution in [0.3, 0.4) is 0 Å². The van der Waals surface area contributed by atoms with Gasteiger partial charge >= 0.3 is 0 Å². The van der Waals surface area contributed by atoms with Gasteiger partial charge in [-0.15, -0.1) is 0 Å². The van der Waals surface area contributed by atoms with E-state index in [1.54, 1.807) is 0 Å². The summed E-state index contributed by atoms with van der Waals surface area (Å²) in [7, 11) is 0. The molecule has 2 heterocycles. The van der Waals surface area contributed by atoms with Gasteiger partial charge in [-0.3, -0.25) is 9.89 Å². The van der Waals surface area contributed by atoms with Gasteiger partial charge in [0.1, 0.15) is 0 Å². The highest BCUT2D eigenvalue weighted by Gasteiger charge is 2.38. The SMILES string of the molecule is CCNC(=NCC1(N2CCOCC2)CCCCC1)NCCn1cccc1. The Morgan fingerprint density at radius 1 is 1.08 bits per heavy atom. The standard InChI is InChI=1S/C20H35N5O/c1-2-21-19(22-10-13-24-11-6-7-12-24)23-18-20(8-4-3-5-9-20)25-14-16-26-17-15-25/h6-7,11-12H,2-5,8-10,13-18H2,1H3,(H2,21,22,23). The zero-order valence-electron chi connectivity index (χ0n) is 16.3. The van der Waals surface area contributed by atoms with Gasteiger partial charge in [-0.05, 0) is 31.9 Å². The highest BCUT2D eigenvalue weighted by atomic mass is 16.5. The van der Waals surface area contributed by atoms with Gasteiger partial charge < -0.3 is 19.9 Å². The van der Waals surface area contributed by atoms with Gasteiger partial charge in [0, 0.05) is 50.7 Å². The smallest absolute Gasteiger partial charge is 0.191 e. The van der Waals surface area contributed by atoms with E-state index >= 15 is 0 Å². The highest BCUT2D eigenvalue weighted by Crippen LogP contribution is 2.34. The molecule has 1 aromatic heterocycles. The third-order valence-corrected chi connectivity index (χ3v) is 5.67. The van der Waals surface area contributed by atoms with E-state index in [0.29, 0.717) is 0 Å². The van der Waals surface area contributed by atoms with Gasteiger partial charge in [-0.1, -0.05) is 19.3 Å². The van der Waals surface area contributed by atoms with Gasteiger partial charge in [0.05, 0.1) is 19.8 Å². The van der Waals surface area contributed by atoms with Crippen LogP contribution >= 0.6 is 0 Å². The molecule has 0 amide bonds. The van der Waals surface area contributed by atoms with E-state index in [4.69, 9.17) is 9.73 Å². The summed E-state index contributed by atoms with van der Waals surface area (Å²) in [4.78, 5) is 7.66. The van der Waals surface area contributed by atoms with E-state index in [-0.39, 0.29) is 5.54 Å². The predicted octanol–water partition coefficient (Wildman–Crippen LogP) is 2.08. The molecular weight excluding hydrogens is 326 g/mol. The zero-order chi connectivity index (χ0) is 18.1. The second-order valence-electron chi connectivity index (χ2n) is 7.43. The van der Waals surface area contributed by atoms with E-state index < -0.39 is 0 Å². The van der Waals surface area contributed by atoms with Crippen molar-refractivity contribution in [3.63, 3.8) is 0 Å². The molecule has 1 aliphatic carbocycles. The Labute approximate surface area is 158 Å². The summed E-state index contributed by atoms with van der Waals surface area (Å²) in [6, 6.07) is 4.13. The molecule has 0 spiro atoms. The summed E-state index contributed by atoms with van der Waals surface area (Å²) in [6.07, 6.45) is 10.7. The first-order valence-corrected chi connectivity index (χ1v) is 10.3. The number of rotatable bonds is 7. The number of nitrogens with one attached hydrogen (secondary N) is 2. The number of aliphatic imine (C=N–C) groups is 1. The molecule has 1 saturated carbocycles. The molecule has 1 aromatic rings. The molecule has 0 bridgehead atoms. The maximum atomic E-state index is 5.58. The third kappa shape index (κ3) is 5.24. The molecule has 0 unspecified atom stereocenters. The van der Waals surface area contributed by atoms with Gasteiger partial charge in [0.2, 0.25) is 0 Å². The Hall–Kier alpha value is -1.53. The summed E-state index contributed by atoms with van der Waals surface area (Å²) in [5, 5.41) is 6.90. The van der Waals surface area contributed by atoms with Crippen LogP contribution in [-0.2, 0) is 11.3 Å². The molecule has 26 heavy (non-hydrogen) atoms. The van der Waals surface area contributed by atoms with Crippen LogP contribution < -0.4 is 10.6 Å². The number of aromatic nitrogens is 1. The Bertz CT molecular complexity index is 530. The number of guanidine groups is 1. The summed E-state index contributed by atoms with van der Waals surface area (Å²) in [6.45, 7) is 9.55. The highest BCUT2D eigenvalue weighted by molar-refractivity contribution is 5.79. The first kappa shape index (κ1) is 19.2. The molecule has 0 aromatic carbocycles. The second kappa shape index (κ2) is 9.97. The van der Waals surface area contributed by atoms with Crippen molar-refractivity contribution >= 4 is 5.96 Å². The summed E-state index contributed by atoms with van der Waals surface area (Å²) in [5.74, 6) is 0.942. The Morgan fingerprint density at radius 3 is 2.50 bits per heavy atom. The lowest BCUT2D eigenvalue weighted by Gasteiger charge is -2.47. The lowest BCUT2D eigenvalue weighted by molar-refractivity contribution is -0.0333. The van der Waals surface area contributed by atoms with Crippen LogP contribution in [0, 0.1) is 0 Å². The zero-order valence-corrected chi connectivity index (χ0v) is 16.3. The molecule has 3 rings (SSSR count). The number of morpholine rings is 1. The molecule has 6 heteroatoms. The average Bonchev–Trinajstić information content (AvgIpc) is 3.21. The van der Waals surface area contributed by atoms with Crippen LogP contribution in [0.5, 0.6) is 0 Å². The van der Waals surface area contributed by atoms with Crippen molar-refractivity contribution < 1.29 is 4.74 Å². The molecule has 2 N–H and O–H groups in total. The predicted molar refractivity (Wildman–Crippen MR) is 107 cm³/mol. The van der Waals surface area contributed by atoms with Crippen LogP contribution in [0.4, 0.5) is 0 Å². The molecule has 2 aliphatic rings. The van der Waals surface area contributed by atoms with Crippen molar-refractivity contribution in [2.24, 2.45) is 4.99 Å². The average molecular weight is 362 g/mol. The normalized spacial score (nSPS) is 21.5. The van der Waals surface area contributed by atoms with Crippen molar-refractivity contribution in [2.45, 2.75) is 51.1 Å². The quantitative estimate of drug-likeness (QED) is 0.577. The number of ether oxygens (including phenoxy) is 1. The van der Waals surface area contributed by atoms with E-state index in [9.17, 15) is 0 Å². The number of hydrogen-bond donors (Lipinski definition) is 2. The second-order valence-corrected chi connectivity index (χ2v) is 7.43. The lowest BCUT2D eigenvalue weighted by atomic mass is 9.80. The molecule has 0 radical (unpaired) electrons. The van der Waals surface area contributed by atoms with Crippen LogP contribution in [-0.4, -0.2) is 66.9 Å². The first-order chi connectivity index (χ1) is 12.8. The van der Waals surface area contributed by atoms with Crippen molar-refractivity contribution in [3.05, 3.63) is 24.5 Å². The maximum Gasteiger partial charge on any atom is 0.191 e. The van der Waals surface area contributed by atoms with Gasteiger partial charge in [0.25, 0.3) is 0 Å². The Balaban J connectivity index is 1.60. The minimum absolute atomic E-state index is 0.227. The largest absolute Gasteiger partial charge is 0.379 e. The number of hydrogen-bond acceptors (Lipinski definition) is 3. The van der Waals surface area contributed by atoms with E-state index in [1.807, 2.05) is 0 Å². The molecule has 0 atom stereocenters. The molecular formula is C20H35N5O. The maximum absolute atomic E-state index is 5.58. The molecule has 1 aliphatic heterocycles. The minimum Gasteiger partial charge on any atom is -0.379 e. The van der Waals surface area contributed by atoms with Crippen molar-refractivity contribution in [1.29, 1.82) is 0 Å². The van der Waals surface area contributed by atoms with Gasteiger partial charge in [0.15, 0.2) is 5.96 Å². The van der Waals surface area contributed by atoms with Crippen LogP contribution in [0.15, 0.2) is 29.5 Å². The fraction of sp³-hybridized carbons (Fsp3) is 0.750. The van der Waals surface area contributed by atoms with Crippen molar-refractivity contribution in [2.75, 3.05) is 45.9 Å². The summed E-state index contributed by atoms with van der Waals surface area (Å²) < 4.78 is 7.77. The third-order valence-electron chi connectivity index (χ3n) is 5.67. The monoisotopic (exact) mass is 361 g/mol. The van der Waals surface area contributed by atoms with E-state index in [0.717, 1.165) is 58.4 Å². The van der Waals surface area contributed by atoms with Crippen LogP contribution in [0.1, 0.15) is 39.0 Å². The Morgan fingerprint density at radius 2 is 1.81 bits per heavy atom. The molecule has 6 nitrogen and oxygen atoms in total. The molecule has 146 valence electrons. The van der Waals surface area contributed by atoms with Gasteiger partial charge in [-0.2, -0.15) is 0 Å². The lowest BCUT2D eigenvalue weighted by Crippen LogP contribution is -2.56. The number of nitrogens with zero attached hydrogens (tertiary/aromatic N) is 3. The van der Waals surface area contributed by atoms with Crippen molar-refractivity contribution in [1.82, 2.24) is 20.1 Å². The Kier molecular flexibility index (Phi) is 7.38. The fourth-order valence-electron chi connectivity index (χ4n) is 4.21. The van der Waals surface area contributed by atoms with Crippen LogP contribution in [0.25, 0.3) is 0 Å². The van der Waals surface area contributed by atoms with Gasteiger partial charge in [-0.25, -0.2) is 0 Å². The fourth-order valence-corrected chi connectivity index (χ4v) is 4.21. The minimum atomic E-state index is 0.227. The summed E-state index contributed by atoms with van der Waals surface area (Å²) in [5.41, 5.74) is 0.227. The van der Waals surface area contributed by atoms with E-state index in [2.05, 4.69) is 51.6 Å².